The van der Waals surface area contributed by atoms with Gasteiger partial charge in [-0.05, 0) is 26.1 Å². The monoisotopic (exact) mass is 285 g/mol. The third kappa shape index (κ3) is 2.77. The zero-order valence-electron chi connectivity index (χ0n) is 10.6. The predicted molar refractivity (Wildman–Crippen MR) is 70.2 cm³/mol. The molecule has 0 aliphatic rings. The van der Waals surface area contributed by atoms with Gasteiger partial charge in [0.15, 0.2) is 0 Å². The van der Waals surface area contributed by atoms with Crippen LogP contribution in [-0.4, -0.2) is 16.8 Å². The van der Waals surface area contributed by atoms with Crippen LogP contribution in [0.5, 0.6) is 0 Å². The number of hydrogen-bond donors (Lipinski definition) is 1. The Kier molecular flexibility index (Phi) is 4.17. The van der Waals surface area contributed by atoms with E-state index in [9.17, 15) is 8.78 Å². The lowest BCUT2D eigenvalue weighted by Crippen LogP contribution is -2.19. The van der Waals surface area contributed by atoms with Gasteiger partial charge in [0.05, 0.1) is 17.3 Å². The highest BCUT2D eigenvalue weighted by Gasteiger charge is 2.20. The van der Waals surface area contributed by atoms with Gasteiger partial charge in [-0.15, -0.1) is 0 Å². The molecule has 1 atom stereocenters. The number of nitrogens with one attached hydrogen (secondary N) is 1. The summed E-state index contributed by atoms with van der Waals surface area (Å²) in [5, 5.41) is 6.87. The van der Waals surface area contributed by atoms with Crippen LogP contribution < -0.4 is 5.32 Å². The molecule has 0 fully saturated rings. The molecular formula is C13H14ClF2N3. The molecule has 1 heterocycles. The van der Waals surface area contributed by atoms with Crippen LogP contribution in [0, 0.1) is 11.6 Å². The van der Waals surface area contributed by atoms with E-state index in [0.717, 1.165) is 17.7 Å². The molecule has 0 spiro atoms. The minimum atomic E-state index is -0.638. The third-order valence-corrected chi connectivity index (χ3v) is 3.24. The Bertz CT molecular complexity index is 583. The molecule has 1 aromatic carbocycles. The summed E-state index contributed by atoms with van der Waals surface area (Å²) in [6.45, 7) is 2.67. The molecule has 0 saturated heterocycles. The Morgan fingerprint density at radius 1 is 1.37 bits per heavy atom. The van der Waals surface area contributed by atoms with E-state index in [-0.39, 0.29) is 10.6 Å². The first kappa shape index (κ1) is 14.0. The van der Waals surface area contributed by atoms with Gasteiger partial charge < -0.3 is 5.32 Å². The number of aromatic nitrogens is 2. The van der Waals surface area contributed by atoms with Crippen LogP contribution in [0.2, 0.25) is 5.02 Å². The predicted octanol–water partition coefficient (Wildman–Crippen LogP) is 3.14. The van der Waals surface area contributed by atoms with Crippen molar-refractivity contribution in [2.24, 2.45) is 0 Å². The van der Waals surface area contributed by atoms with Crippen molar-refractivity contribution in [3.8, 4) is 0 Å². The molecule has 102 valence electrons. The van der Waals surface area contributed by atoms with Crippen molar-refractivity contribution in [1.29, 1.82) is 0 Å². The fraction of sp³-hybridized carbons (Fsp3) is 0.308. The first-order valence-electron chi connectivity index (χ1n) is 5.90. The molecule has 3 nitrogen and oxygen atoms in total. The van der Waals surface area contributed by atoms with Gasteiger partial charge in [0, 0.05) is 23.9 Å². The molecule has 2 aromatic rings. The topological polar surface area (TPSA) is 29.9 Å². The van der Waals surface area contributed by atoms with E-state index in [0.29, 0.717) is 6.54 Å². The van der Waals surface area contributed by atoms with Crippen LogP contribution in [0.1, 0.15) is 24.1 Å². The molecule has 2 rings (SSSR count). The number of halogens is 3. The second kappa shape index (κ2) is 5.67. The van der Waals surface area contributed by atoms with Crippen molar-refractivity contribution in [1.82, 2.24) is 15.1 Å². The Balaban J connectivity index is 2.44. The smallest absolute Gasteiger partial charge is 0.142 e. The number of hydrogen-bond acceptors (Lipinski definition) is 2. The third-order valence-electron chi connectivity index (χ3n) is 2.95. The Labute approximate surface area is 115 Å². The molecule has 0 saturated carbocycles. The normalized spacial score (nSPS) is 12.7. The van der Waals surface area contributed by atoms with E-state index in [4.69, 9.17) is 11.6 Å². The number of aryl methyl sites for hydroxylation is 1. The van der Waals surface area contributed by atoms with E-state index in [2.05, 4.69) is 10.4 Å². The van der Waals surface area contributed by atoms with E-state index in [1.807, 2.05) is 6.92 Å². The summed E-state index contributed by atoms with van der Waals surface area (Å²) < 4.78 is 29.1. The quantitative estimate of drug-likeness (QED) is 0.875. The highest BCUT2D eigenvalue weighted by Crippen LogP contribution is 2.27. The summed E-state index contributed by atoms with van der Waals surface area (Å²) in [4.78, 5) is 0. The lowest BCUT2D eigenvalue weighted by molar-refractivity contribution is 0.558. The van der Waals surface area contributed by atoms with Gasteiger partial charge >= 0.3 is 0 Å². The zero-order valence-corrected chi connectivity index (χ0v) is 11.4. The fourth-order valence-corrected chi connectivity index (χ4v) is 2.11. The first-order chi connectivity index (χ1) is 9.06. The molecule has 1 unspecified atom stereocenters. The van der Waals surface area contributed by atoms with Crippen LogP contribution in [0.3, 0.4) is 0 Å². The van der Waals surface area contributed by atoms with Crippen molar-refractivity contribution in [3.63, 3.8) is 0 Å². The summed E-state index contributed by atoms with van der Waals surface area (Å²) in [6.07, 6.45) is 3.43. The van der Waals surface area contributed by atoms with Gasteiger partial charge in [-0.1, -0.05) is 11.6 Å². The molecular weight excluding hydrogens is 272 g/mol. The lowest BCUT2D eigenvalue weighted by Gasteiger charge is -2.16. The zero-order chi connectivity index (χ0) is 14.0. The Morgan fingerprint density at radius 3 is 2.68 bits per heavy atom. The van der Waals surface area contributed by atoms with E-state index in [1.54, 1.807) is 24.1 Å². The maximum absolute atomic E-state index is 13.9. The fourth-order valence-electron chi connectivity index (χ4n) is 1.96. The Morgan fingerprint density at radius 2 is 2.11 bits per heavy atom. The molecule has 0 aliphatic heterocycles. The maximum Gasteiger partial charge on any atom is 0.142 e. The van der Waals surface area contributed by atoms with Gasteiger partial charge in [-0.2, -0.15) is 5.10 Å². The van der Waals surface area contributed by atoms with Crippen molar-refractivity contribution < 1.29 is 8.78 Å². The van der Waals surface area contributed by atoms with Gasteiger partial charge in [-0.3, -0.25) is 4.68 Å². The van der Waals surface area contributed by atoms with Crippen molar-refractivity contribution in [2.45, 2.75) is 19.5 Å². The highest BCUT2D eigenvalue weighted by atomic mass is 35.5. The van der Waals surface area contributed by atoms with Gasteiger partial charge in [0.1, 0.15) is 11.6 Å². The molecule has 1 aromatic heterocycles. The van der Waals surface area contributed by atoms with Gasteiger partial charge in [-0.25, -0.2) is 8.78 Å². The van der Waals surface area contributed by atoms with Gasteiger partial charge in [0.25, 0.3) is 0 Å². The summed E-state index contributed by atoms with van der Waals surface area (Å²) in [7, 11) is 1.68. The molecule has 6 heteroatoms. The summed E-state index contributed by atoms with van der Waals surface area (Å²) >= 11 is 5.55. The number of benzene rings is 1. The minimum Gasteiger partial charge on any atom is -0.309 e. The first-order valence-corrected chi connectivity index (χ1v) is 6.28. The summed E-state index contributed by atoms with van der Waals surface area (Å²) in [5.74, 6) is -1.18. The lowest BCUT2D eigenvalue weighted by atomic mass is 10.0. The standard InChI is InChI=1S/C13H14ClF2N3/c1-3-19-7-8(6-18-19)13(17-2)9-4-12(16)10(14)5-11(9)15/h4-7,13,17H,3H2,1-2H3. The van der Waals surface area contributed by atoms with Crippen LogP contribution in [0.4, 0.5) is 8.78 Å². The van der Waals surface area contributed by atoms with Crippen LogP contribution in [0.15, 0.2) is 24.5 Å². The van der Waals surface area contributed by atoms with Crippen LogP contribution in [0.25, 0.3) is 0 Å². The molecule has 0 aliphatic carbocycles. The maximum atomic E-state index is 13.9. The second-order valence-electron chi connectivity index (χ2n) is 4.14. The largest absolute Gasteiger partial charge is 0.309 e. The van der Waals surface area contributed by atoms with Crippen molar-refractivity contribution >= 4 is 11.6 Å². The van der Waals surface area contributed by atoms with Crippen LogP contribution >= 0.6 is 11.6 Å². The summed E-state index contributed by atoms with van der Waals surface area (Å²) in [5.41, 5.74) is 0.977. The Hall–Kier alpha value is -1.46. The highest BCUT2D eigenvalue weighted by molar-refractivity contribution is 6.30. The number of nitrogens with zero attached hydrogens (tertiary/aromatic N) is 2. The summed E-state index contributed by atoms with van der Waals surface area (Å²) in [6, 6.07) is 1.63. The van der Waals surface area contributed by atoms with E-state index < -0.39 is 17.7 Å². The molecule has 0 bridgehead atoms. The molecule has 0 radical (unpaired) electrons. The molecule has 1 N–H and O–H groups in total. The average Bonchev–Trinajstić information content (AvgIpc) is 2.85. The number of rotatable bonds is 4. The minimum absolute atomic E-state index is 0.208. The van der Waals surface area contributed by atoms with E-state index >= 15 is 0 Å². The van der Waals surface area contributed by atoms with Crippen molar-refractivity contribution in [2.75, 3.05) is 7.05 Å². The van der Waals surface area contributed by atoms with E-state index in [1.165, 1.54) is 0 Å². The van der Waals surface area contributed by atoms with Crippen molar-refractivity contribution in [3.05, 3.63) is 52.3 Å². The van der Waals surface area contributed by atoms with Crippen LogP contribution in [-0.2, 0) is 6.54 Å². The SMILES string of the molecule is CCn1cc(C(NC)c2cc(F)c(Cl)cc2F)cn1. The second-order valence-corrected chi connectivity index (χ2v) is 4.55. The average molecular weight is 286 g/mol. The molecule has 19 heavy (non-hydrogen) atoms. The molecule has 0 amide bonds. The van der Waals surface area contributed by atoms with Gasteiger partial charge in [0.2, 0.25) is 0 Å².